The van der Waals surface area contributed by atoms with Crippen LogP contribution < -0.4 is 0 Å². The Morgan fingerprint density at radius 3 is 2.52 bits per heavy atom. The number of hydrogen-bond donors (Lipinski definition) is 0. The molecule has 0 saturated heterocycles. The number of carbonyl (C=O) groups excluding carboxylic acids is 1. The fraction of sp³-hybridized carbons (Fsp3) is 0.400. The SMILES string of the molecule is CCOC(=O)c1cc(C(CN(C)Cc2ccccc2)=C(C)C)n(C)n1. The van der Waals surface area contributed by atoms with E-state index in [-0.39, 0.29) is 5.97 Å². The third-order valence-electron chi connectivity index (χ3n) is 4.00. The normalized spacial score (nSPS) is 10.8. The zero-order valence-corrected chi connectivity index (χ0v) is 15.7. The van der Waals surface area contributed by atoms with Crippen molar-refractivity contribution in [3.63, 3.8) is 0 Å². The van der Waals surface area contributed by atoms with Gasteiger partial charge in [-0.3, -0.25) is 9.58 Å². The molecule has 1 aromatic heterocycles. The van der Waals surface area contributed by atoms with Crippen LogP contribution in [0.2, 0.25) is 0 Å². The first kappa shape index (κ1) is 18.9. The first-order valence-corrected chi connectivity index (χ1v) is 8.52. The van der Waals surface area contributed by atoms with Gasteiger partial charge in [0, 0.05) is 20.1 Å². The molecule has 2 aromatic rings. The molecule has 5 heteroatoms. The molecule has 0 saturated carbocycles. The Bertz CT molecular complexity index is 744. The van der Waals surface area contributed by atoms with E-state index in [9.17, 15) is 4.79 Å². The van der Waals surface area contributed by atoms with Crippen LogP contribution in [0.3, 0.4) is 0 Å². The van der Waals surface area contributed by atoms with E-state index in [2.05, 4.69) is 55.2 Å². The van der Waals surface area contributed by atoms with E-state index < -0.39 is 0 Å². The Kier molecular flexibility index (Phi) is 6.53. The minimum atomic E-state index is -0.380. The van der Waals surface area contributed by atoms with Crippen molar-refractivity contribution in [1.82, 2.24) is 14.7 Å². The minimum Gasteiger partial charge on any atom is -0.461 e. The number of allylic oxidation sites excluding steroid dienone is 1. The lowest BCUT2D eigenvalue weighted by atomic mass is 10.1. The molecular formula is C20H27N3O2. The molecule has 25 heavy (non-hydrogen) atoms. The summed E-state index contributed by atoms with van der Waals surface area (Å²) in [6, 6.07) is 12.2. The zero-order valence-electron chi connectivity index (χ0n) is 15.7. The number of benzene rings is 1. The Balaban J connectivity index is 2.19. The minimum absolute atomic E-state index is 0.347. The van der Waals surface area contributed by atoms with Gasteiger partial charge in [-0.05, 0) is 45.0 Å². The Morgan fingerprint density at radius 1 is 1.24 bits per heavy atom. The molecule has 0 amide bonds. The van der Waals surface area contributed by atoms with Crippen LogP contribution in [0.25, 0.3) is 5.57 Å². The van der Waals surface area contributed by atoms with Crippen molar-refractivity contribution in [2.45, 2.75) is 27.3 Å². The van der Waals surface area contributed by atoms with Crippen LogP contribution in [0.5, 0.6) is 0 Å². The van der Waals surface area contributed by atoms with Gasteiger partial charge in [-0.1, -0.05) is 35.9 Å². The second kappa shape index (κ2) is 8.62. The van der Waals surface area contributed by atoms with Crippen molar-refractivity contribution in [2.75, 3.05) is 20.2 Å². The fourth-order valence-corrected chi connectivity index (χ4v) is 2.77. The van der Waals surface area contributed by atoms with Crippen LogP contribution in [0, 0.1) is 0 Å². The van der Waals surface area contributed by atoms with Gasteiger partial charge in [-0.15, -0.1) is 0 Å². The maximum absolute atomic E-state index is 11.9. The van der Waals surface area contributed by atoms with E-state index in [0.29, 0.717) is 12.3 Å². The number of likely N-dealkylation sites (N-methyl/N-ethyl adjacent to an activating group) is 1. The Hall–Kier alpha value is -2.40. The summed E-state index contributed by atoms with van der Waals surface area (Å²) in [6.07, 6.45) is 0. The lowest BCUT2D eigenvalue weighted by molar-refractivity contribution is 0.0518. The zero-order chi connectivity index (χ0) is 18.4. The van der Waals surface area contributed by atoms with Gasteiger partial charge in [-0.25, -0.2) is 4.79 Å². The highest BCUT2D eigenvalue weighted by Gasteiger charge is 2.18. The summed E-state index contributed by atoms with van der Waals surface area (Å²) >= 11 is 0. The fourth-order valence-electron chi connectivity index (χ4n) is 2.77. The average Bonchev–Trinajstić information content (AvgIpc) is 2.95. The van der Waals surface area contributed by atoms with Gasteiger partial charge in [0.2, 0.25) is 0 Å². The maximum Gasteiger partial charge on any atom is 0.358 e. The Labute approximate surface area is 149 Å². The largest absolute Gasteiger partial charge is 0.461 e. The van der Waals surface area contributed by atoms with Gasteiger partial charge < -0.3 is 4.74 Å². The molecule has 0 spiro atoms. The smallest absolute Gasteiger partial charge is 0.358 e. The molecule has 0 fully saturated rings. The van der Waals surface area contributed by atoms with E-state index in [4.69, 9.17) is 4.74 Å². The summed E-state index contributed by atoms with van der Waals surface area (Å²) in [4.78, 5) is 14.2. The van der Waals surface area contributed by atoms with Crippen LogP contribution in [-0.4, -0.2) is 40.8 Å². The van der Waals surface area contributed by atoms with Gasteiger partial charge >= 0.3 is 5.97 Å². The summed E-state index contributed by atoms with van der Waals surface area (Å²) in [5, 5.41) is 4.31. The summed E-state index contributed by atoms with van der Waals surface area (Å²) in [7, 11) is 3.96. The van der Waals surface area contributed by atoms with Gasteiger partial charge in [0.15, 0.2) is 5.69 Å². The molecule has 0 aliphatic rings. The van der Waals surface area contributed by atoms with E-state index >= 15 is 0 Å². The molecule has 0 N–H and O–H groups in total. The number of aryl methyl sites for hydroxylation is 1. The van der Waals surface area contributed by atoms with Crippen LogP contribution >= 0.6 is 0 Å². The predicted molar refractivity (Wildman–Crippen MR) is 100 cm³/mol. The summed E-state index contributed by atoms with van der Waals surface area (Å²) in [5.74, 6) is -0.380. The van der Waals surface area contributed by atoms with Gasteiger partial charge in [0.1, 0.15) is 0 Å². The van der Waals surface area contributed by atoms with Crippen LogP contribution in [0.1, 0.15) is 42.5 Å². The monoisotopic (exact) mass is 341 g/mol. The number of carbonyl (C=O) groups is 1. The van der Waals surface area contributed by atoms with E-state index in [1.807, 2.05) is 19.2 Å². The molecule has 0 aliphatic heterocycles. The summed E-state index contributed by atoms with van der Waals surface area (Å²) in [5.41, 5.74) is 4.95. The molecule has 0 aliphatic carbocycles. The molecule has 0 radical (unpaired) electrons. The maximum atomic E-state index is 11.9. The first-order valence-electron chi connectivity index (χ1n) is 8.52. The van der Waals surface area contributed by atoms with Crippen molar-refractivity contribution < 1.29 is 9.53 Å². The van der Waals surface area contributed by atoms with Crippen LogP contribution in [0.4, 0.5) is 0 Å². The number of ether oxygens (including phenoxy) is 1. The van der Waals surface area contributed by atoms with E-state index in [0.717, 1.165) is 18.8 Å². The molecular weight excluding hydrogens is 314 g/mol. The number of rotatable bonds is 7. The molecule has 134 valence electrons. The highest BCUT2D eigenvalue weighted by atomic mass is 16.5. The predicted octanol–water partition coefficient (Wildman–Crippen LogP) is 3.52. The van der Waals surface area contributed by atoms with Gasteiger partial charge in [-0.2, -0.15) is 5.10 Å². The standard InChI is InChI=1S/C20H27N3O2/c1-6-25-20(24)18-12-19(23(5)21-18)17(15(2)3)14-22(4)13-16-10-8-7-9-11-16/h7-12H,6,13-14H2,1-5H3. The van der Waals surface area contributed by atoms with Crippen molar-refractivity contribution in [1.29, 1.82) is 0 Å². The number of aromatic nitrogens is 2. The number of esters is 1. The lowest BCUT2D eigenvalue weighted by Gasteiger charge is -2.20. The highest BCUT2D eigenvalue weighted by molar-refractivity contribution is 5.88. The molecule has 1 heterocycles. The topological polar surface area (TPSA) is 47.4 Å². The summed E-state index contributed by atoms with van der Waals surface area (Å²) < 4.78 is 6.81. The molecule has 0 bridgehead atoms. The summed E-state index contributed by atoms with van der Waals surface area (Å²) in [6.45, 7) is 7.95. The van der Waals surface area contributed by atoms with Gasteiger partial charge in [0.25, 0.3) is 0 Å². The highest BCUT2D eigenvalue weighted by Crippen LogP contribution is 2.21. The van der Waals surface area contributed by atoms with Crippen LogP contribution in [-0.2, 0) is 18.3 Å². The third-order valence-corrected chi connectivity index (χ3v) is 4.00. The van der Waals surface area contributed by atoms with E-state index in [1.54, 1.807) is 11.6 Å². The van der Waals surface area contributed by atoms with Gasteiger partial charge in [0.05, 0.1) is 12.3 Å². The first-order chi connectivity index (χ1) is 11.9. The van der Waals surface area contributed by atoms with Crippen LogP contribution in [0.15, 0.2) is 42.0 Å². The molecule has 2 rings (SSSR count). The Morgan fingerprint density at radius 2 is 1.92 bits per heavy atom. The molecule has 5 nitrogen and oxygen atoms in total. The van der Waals surface area contributed by atoms with Crippen molar-refractivity contribution in [3.8, 4) is 0 Å². The quantitative estimate of drug-likeness (QED) is 0.723. The molecule has 1 aromatic carbocycles. The van der Waals surface area contributed by atoms with Crippen molar-refractivity contribution in [2.24, 2.45) is 7.05 Å². The van der Waals surface area contributed by atoms with Crippen molar-refractivity contribution >= 4 is 11.5 Å². The third kappa shape index (κ3) is 5.03. The lowest BCUT2D eigenvalue weighted by Crippen LogP contribution is -2.21. The molecule has 0 atom stereocenters. The second-order valence-corrected chi connectivity index (χ2v) is 6.40. The number of hydrogen-bond acceptors (Lipinski definition) is 4. The number of nitrogens with zero attached hydrogens (tertiary/aromatic N) is 3. The second-order valence-electron chi connectivity index (χ2n) is 6.40. The van der Waals surface area contributed by atoms with E-state index in [1.165, 1.54) is 16.7 Å². The average molecular weight is 341 g/mol. The van der Waals surface area contributed by atoms with Crippen molar-refractivity contribution in [3.05, 3.63) is 58.9 Å². The molecule has 0 unspecified atom stereocenters.